The first-order valence-electron chi connectivity index (χ1n) is 9.02. The molecule has 0 spiro atoms. The highest BCUT2D eigenvalue weighted by atomic mass is 16.5. The Morgan fingerprint density at radius 2 is 1.93 bits per heavy atom. The fourth-order valence-electron chi connectivity index (χ4n) is 2.97. The van der Waals surface area contributed by atoms with Crippen LogP contribution in [0.5, 0.6) is 0 Å². The van der Waals surface area contributed by atoms with Crippen LogP contribution in [0.1, 0.15) is 37.9 Å². The monoisotopic (exact) mass is 375 g/mol. The number of esters is 1. The van der Waals surface area contributed by atoms with E-state index in [0.29, 0.717) is 31.4 Å². The van der Waals surface area contributed by atoms with E-state index in [0.717, 1.165) is 0 Å². The van der Waals surface area contributed by atoms with Crippen LogP contribution in [0.2, 0.25) is 0 Å². The highest BCUT2D eigenvalue weighted by molar-refractivity contribution is 5.97. The topological polar surface area (TPSA) is 105 Å². The van der Waals surface area contributed by atoms with Crippen molar-refractivity contribution >= 4 is 23.8 Å². The molecule has 2 atom stereocenters. The van der Waals surface area contributed by atoms with Crippen molar-refractivity contribution in [1.82, 2.24) is 15.5 Å². The van der Waals surface area contributed by atoms with E-state index >= 15 is 0 Å². The number of piperidine rings is 1. The molecule has 2 rings (SSSR count). The van der Waals surface area contributed by atoms with E-state index in [-0.39, 0.29) is 12.5 Å². The van der Waals surface area contributed by atoms with Crippen molar-refractivity contribution in [3.63, 3.8) is 0 Å². The number of imide groups is 1. The van der Waals surface area contributed by atoms with Crippen molar-refractivity contribution in [2.45, 2.75) is 32.3 Å². The summed E-state index contributed by atoms with van der Waals surface area (Å²) in [5.74, 6) is -1.78. The van der Waals surface area contributed by atoms with Crippen LogP contribution < -0.4 is 10.6 Å². The second-order valence-electron chi connectivity index (χ2n) is 6.33. The second kappa shape index (κ2) is 9.70. The Balaban J connectivity index is 2.12. The standard InChI is InChI=1S/C19H25N3O5/c1-3-15(23)22-11-7-10-14(12-22)18(25)27-16(13-8-5-4-6-9-13)17(24)21-19(26)20-2/h4-6,8-9,14,16H,3,7,10-12H2,1-2H3,(H2,20,21,24,26)/t14-,16-/m1/s1. The summed E-state index contributed by atoms with van der Waals surface area (Å²) < 4.78 is 5.48. The first-order valence-corrected chi connectivity index (χ1v) is 9.02. The van der Waals surface area contributed by atoms with Crippen LogP contribution in [0.4, 0.5) is 4.79 Å². The average molecular weight is 375 g/mol. The fraction of sp³-hybridized carbons (Fsp3) is 0.474. The van der Waals surface area contributed by atoms with E-state index in [9.17, 15) is 19.2 Å². The number of carbonyl (C=O) groups is 4. The number of ether oxygens (including phenoxy) is 1. The summed E-state index contributed by atoms with van der Waals surface area (Å²) in [6, 6.07) is 7.81. The highest BCUT2D eigenvalue weighted by Gasteiger charge is 2.33. The SMILES string of the molecule is CCC(=O)N1CCC[C@@H](C(=O)O[C@@H](C(=O)NC(=O)NC)c2ccccc2)C1. The van der Waals surface area contributed by atoms with E-state index in [1.807, 2.05) is 0 Å². The van der Waals surface area contributed by atoms with Crippen molar-refractivity contribution in [3.05, 3.63) is 35.9 Å². The number of nitrogens with one attached hydrogen (secondary N) is 2. The van der Waals surface area contributed by atoms with Crippen LogP contribution in [-0.4, -0.2) is 48.9 Å². The normalized spacial score (nSPS) is 17.6. The third-order valence-electron chi connectivity index (χ3n) is 4.45. The fourth-order valence-corrected chi connectivity index (χ4v) is 2.97. The Kier molecular flexibility index (Phi) is 7.34. The van der Waals surface area contributed by atoms with Gasteiger partial charge in [-0.3, -0.25) is 19.7 Å². The minimum Gasteiger partial charge on any atom is -0.447 e. The number of hydrogen-bond acceptors (Lipinski definition) is 5. The van der Waals surface area contributed by atoms with Crippen LogP contribution in [0, 0.1) is 5.92 Å². The summed E-state index contributed by atoms with van der Waals surface area (Å²) in [5.41, 5.74) is 0.463. The lowest BCUT2D eigenvalue weighted by Crippen LogP contribution is -2.44. The minimum absolute atomic E-state index is 0.00975. The lowest BCUT2D eigenvalue weighted by molar-refractivity contribution is -0.162. The van der Waals surface area contributed by atoms with Crippen molar-refractivity contribution in [3.8, 4) is 0 Å². The van der Waals surface area contributed by atoms with E-state index in [1.165, 1.54) is 7.05 Å². The summed E-state index contributed by atoms with van der Waals surface area (Å²) in [4.78, 5) is 50.1. The quantitative estimate of drug-likeness (QED) is 0.757. The molecule has 1 aliphatic heterocycles. The maximum absolute atomic E-state index is 12.7. The second-order valence-corrected chi connectivity index (χ2v) is 6.33. The van der Waals surface area contributed by atoms with Crippen molar-refractivity contribution in [2.24, 2.45) is 5.92 Å². The molecule has 146 valence electrons. The summed E-state index contributed by atoms with van der Waals surface area (Å²) in [6.07, 6.45) is 0.424. The van der Waals surface area contributed by atoms with Gasteiger partial charge >= 0.3 is 12.0 Å². The number of likely N-dealkylation sites (tertiary alicyclic amines) is 1. The van der Waals surface area contributed by atoms with Gasteiger partial charge in [0, 0.05) is 32.1 Å². The number of amides is 4. The van der Waals surface area contributed by atoms with Gasteiger partial charge < -0.3 is 15.0 Å². The smallest absolute Gasteiger partial charge is 0.321 e. The third kappa shape index (κ3) is 5.54. The molecule has 1 fully saturated rings. The summed E-state index contributed by atoms with van der Waals surface area (Å²) in [7, 11) is 1.38. The van der Waals surface area contributed by atoms with Crippen LogP contribution in [-0.2, 0) is 19.1 Å². The molecule has 8 heteroatoms. The maximum atomic E-state index is 12.7. The molecule has 4 amide bonds. The first-order chi connectivity index (χ1) is 13.0. The van der Waals surface area contributed by atoms with Gasteiger partial charge in [-0.25, -0.2) is 4.79 Å². The lowest BCUT2D eigenvalue weighted by atomic mass is 9.97. The van der Waals surface area contributed by atoms with Gasteiger partial charge in [-0.1, -0.05) is 37.3 Å². The molecule has 1 saturated heterocycles. The van der Waals surface area contributed by atoms with Crippen LogP contribution >= 0.6 is 0 Å². The summed E-state index contributed by atoms with van der Waals surface area (Å²) in [5, 5.41) is 4.43. The van der Waals surface area contributed by atoms with Crippen molar-refractivity contribution < 1.29 is 23.9 Å². The molecule has 8 nitrogen and oxygen atoms in total. The van der Waals surface area contributed by atoms with E-state index in [4.69, 9.17) is 4.74 Å². The molecule has 0 radical (unpaired) electrons. The predicted molar refractivity (Wildman–Crippen MR) is 97.5 cm³/mol. The number of hydrogen-bond donors (Lipinski definition) is 2. The van der Waals surface area contributed by atoms with Gasteiger partial charge in [0.15, 0.2) is 0 Å². The number of urea groups is 1. The van der Waals surface area contributed by atoms with Gasteiger partial charge in [0.05, 0.1) is 5.92 Å². The first kappa shape index (κ1) is 20.4. The zero-order chi connectivity index (χ0) is 19.8. The van der Waals surface area contributed by atoms with Gasteiger partial charge in [0.1, 0.15) is 0 Å². The van der Waals surface area contributed by atoms with Crippen molar-refractivity contribution in [1.29, 1.82) is 0 Å². The largest absolute Gasteiger partial charge is 0.447 e. The Bertz CT molecular complexity index is 692. The molecule has 0 bridgehead atoms. The Morgan fingerprint density at radius 1 is 1.22 bits per heavy atom. The molecule has 0 unspecified atom stereocenters. The molecule has 0 saturated carbocycles. The van der Waals surface area contributed by atoms with Crippen LogP contribution in [0.25, 0.3) is 0 Å². The lowest BCUT2D eigenvalue weighted by Gasteiger charge is -2.32. The summed E-state index contributed by atoms with van der Waals surface area (Å²) in [6.45, 7) is 2.68. The van der Waals surface area contributed by atoms with Gasteiger partial charge in [0.2, 0.25) is 12.0 Å². The summed E-state index contributed by atoms with van der Waals surface area (Å²) >= 11 is 0. The van der Waals surface area contributed by atoms with E-state index in [2.05, 4.69) is 10.6 Å². The highest BCUT2D eigenvalue weighted by Crippen LogP contribution is 2.24. The maximum Gasteiger partial charge on any atom is 0.321 e. The van der Waals surface area contributed by atoms with E-state index in [1.54, 1.807) is 42.2 Å². The predicted octanol–water partition coefficient (Wildman–Crippen LogP) is 1.38. The number of carbonyl (C=O) groups excluding carboxylic acids is 4. The Morgan fingerprint density at radius 3 is 2.56 bits per heavy atom. The molecule has 1 heterocycles. The molecule has 1 aromatic carbocycles. The zero-order valence-corrected chi connectivity index (χ0v) is 15.6. The third-order valence-corrected chi connectivity index (χ3v) is 4.45. The molecular formula is C19H25N3O5. The Labute approximate surface area is 158 Å². The number of rotatable bonds is 5. The number of nitrogens with zero attached hydrogens (tertiary/aromatic N) is 1. The van der Waals surface area contributed by atoms with Gasteiger partial charge in [-0.2, -0.15) is 0 Å². The van der Waals surface area contributed by atoms with Gasteiger partial charge in [0.25, 0.3) is 5.91 Å². The van der Waals surface area contributed by atoms with Crippen LogP contribution in [0.3, 0.4) is 0 Å². The number of benzene rings is 1. The van der Waals surface area contributed by atoms with E-state index < -0.39 is 29.9 Å². The molecule has 1 aromatic rings. The molecule has 0 aliphatic carbocycles. The molecule has 2 N–H and O–H groups in total. The van der Waals surface area contributed by atoms with Gasteiger partial charge in [-0.15, -0.1) is 0 Å². The average Bonchev–Trinajstić information content (AvgIpc) is 2.71. The minimum atomic E-state index is -1.24. The molecular weight excluding hydrogens is 350 g/mol. The molecule has 1 aliphatic rings. The molecule has 27 heavy (non-hydrogen) atoms. The van der Waals surface area contributed by atoms with Crippen LogP contribution in [0.15, 0.2) is 30.3 Å². The van der Waals surface area contributed by atoms with Crippen molar-refractivity contribution in [2.75, 3.05) is 20.1 Å². The zero-order valence-electron chi connectivity index (χ0n) is 15.6. The van der Waals surface area contributed by atoms with Gasteiger partial charge in [-0.05, 0) is 12.8 Å². The molecule has 0 aromatic heterocycles. The Hall–Kier alpha value is -2.90.